The highest BCUT2D eigenvalue weighted by Crippen LogP contribution is 2.16. The SMILES string of the molecule is CC(CN1CCOCC1)OC(=O)COc1ccc(Br)cc1. The van der Waals surface area contributed by atoms with Gasteiger partial charge in [-0.05, 0) is 31.2 Å². The van der Waals surface area contributed by atoms with Crippen LogP contribution in [-0.4, -0.2) is 56.4 Å². The lowest BCUT2D eigenvalue weighted by molar-refractivity contribution is -0.151. The number of morpholine rings is 1. The summed E-state index contributed by atoms with van der Waals surface area (Å²) < 4.78 is 17.0. The number of rotatable bonds is 6. The van der Waals surface area contributed by atoms with E-state index in [9.17, 15) is 4.79 Å². The highest BCUT2D eigenvalue weighted by atomic mass is 79.9. The first-order valence-corrected chi connectivity index (χ1v) is 7.81. The van der Waals surface area contributed by atoms with Crippen LogP contribution in [0.4, 0.5) is 0 Å². The largest absolute Gasteiger partial charge is 0.482 e. The van der Waals surface area contributed by atoms with E-state index in [4.69, 9.17) is 14.2 Å². The van der Waals surface area contributed by atoms with Gasteiger partial charge >= 0.3 is 5.97 Å². The van der Waals surface area contributed by atoms with Crippen molar-refractivity contribution in [3.05, 3.63) is 28.7 Å². The molecule has 1 atom stereocenters. The number of esters is 1. The number of carbonyl (C=O) groups is 1. The normalized spacial score (nSPS) is 17.2. The van der Waals surface area contributed by atoms with Gasteiger partial charge in [0.15, 0.2) is 6.61 Å². The van der Waals surface area contributed by atoms with Crippen molar-refractivity contribution in [1.82, 2.24) is 4.90 Å². The van der Waals surface area contributed by atoms with E-state index >= 15 is 0 Å². The Morgan fingerprint density at radius 1 is 1.33 bits per heavy atom. The molecule has 1 fully saturated rings. The Bertz CT molecular complexity index is 445. The molecule has 0 aromatic heterocycles. The number of ether oxygens (including phenoxy) is 3. The van der Waals surface area contributed by atoms with Gasteiger partial charge in [0.2, 0.25) is 0 Å². The molecular weight excluding hydrogens is 338 g/mol. The smallest absolute Gasteiger partial charge is 0.344 e. The van der Waals surface area contributed by atoms with Gasteiger partial charge in [-0.25, -0.2) is 4.79 Å². The molecule has 1 heterocycles. The number of carbonyl (C=O) groups excluding carboxylic acids is 1. The van der Waals surface area contributed by atoms with Gasteiger partial charge in [-0.15, -0.1) is 0 Å². The van der Waals surface area contributed by atoms with E-state index < -0.39 is 0 Å². The maximum atomic E-state index is 11.7. The molecule has 0 bridgehead atoms. The summed E-state index contributed by atoms with van der Waals surface area (Å²) in [7, 11) is 0. The molecule has 0 radical (unpaired) electrons. The molecule has 1 aromatic carbocycles. The van der Waals surface area contributed by atoms with E-state index in [1.165, 1.54) is 0 Å². The van der Waals surface area contributed by atoms with Crippen molar-refractivity contribution in [2.75, 3.05) is 39.5 Å². The van der Waals surface area contributed by atoms with Crippen LogP contribution < -0.4 is 4.74 Å². The molecule has 1 aliphatic heterocycles. The van der Waals surface area contributed by atoms with Gasteiger partial charge in [0, 0.05) is 24.1 Å². The number of benzene rings is 1. The summed E-state index contributed by atoms with van der Waals surface area (Å²) in [5.74, 6) is 0.301. The first kappa shape index (κ1) is 16.3. The number of nitrogens with zero attached hydrogens (tertiary/aromatic N) is 1. The molecule has 5 nitrogen and oxygen atoms in total. The molecule has 2 rings (SSSR count). The van der Waals surface area contributed by atoms with E-state index in [0.29, 0.717) is 5.75 Å². The Morgan fingerprint density at radius 2 is 2.00 bits per heavy atom. The van der Waals surface area contributed by atoms with Gasteiger partial charge in [-0.2, -0.15) is 0 Å². The van der Waals surface area contributed by atoms with Crippen LogP contribution in [0.15, 0.2) is 28.7 Å². The maximum absolute atomic E-state index is 11.7. The zero-order valence-corrected chi connectivity index (χ0v) is 13.7. The molecule has 0 aliphatic carbocycles. The van der Waals surface area contributed by atoms with E-state index in [2.05, 4.69) is 20.8 Å². The second-order valence-corrected chi connectivity index (χ2v) is 5.87. The molecule has 0 amide bonds. The van der Waals surface area contributed by atoms with Gasteiger partial charge < -0.3 is 14.2 Å². The summed E-state index contributed by atoms with van der Waals surface area (Å²) in [4.78, 5) is 14.0. The molecular formula is C15H20BrNO4. The highest BCUT2D eigenvalue weighted by molar-refractivity contribution is 9.10. The van der Waals surface area contributed by atoms with Crippen LogP contribution in [-0.2, 0) is 14.3 Å². The number of hydrogen-bond donors (Lipinski definition) is 0. The fraction of sp³-hybridized carbons (Fsp3) is 0.533. The van der Waals surface area contributed by atoms with E-state index in [1.54, 1.807) is 12.1 Å². The molecule has 0 spiro atoms. The number of halogens is 1. The Kier molecular flexibility index (Phi) is 6.48. The molecule has 1 unspecified atom stereocenters. The first-order valence-electron chi connectivity index (χ1n) is 7.01. The minimum atomic E-state index is -0.348. The third kappa shape index (κ3) is 6.03. The summed E-state index contributed by atoms with van der Waals surface area (Å²) in [5.41, 5.74) is 0. The highest BCUT2D eigenvalue weighted by Gasteiger charge is 2.16. The summed E-state index contributed by atoms with van der Waals surface area (Å²) in [6.45, 7) is 5.81. The van der Waals surface area contributed by atoms with Gasteiger partial charge in [0.05, 0.1) is 13.2 Å². The summed E-state index contributed by atoms with van der Waals surface area (Å²) in [6, 6.07) is 7.33. The number of hydrogen-bond acceptors (Lipinski definition) is 5. The monoisotopic (exact) mass is 357 g/mol. The van der Waals surface area contributed by atoms with E-state index in [1.807, 2.05) is 19.1 Å². The molecule has 116 valence electrons. The average molecular weight is 358 g/mol. The fourth-order valence-corrected chi connectivity index (χ4v) is 2.38. The minimum absolute atomic E-state index is 0.0743. The topological polar surface area (TPSA) is 48.0 Å². The molecule has 0 N–H and O–H groups in total. The van der Waals surface area contributed by atoms with Crippen molar-refractivity contribution in [3.8, 4) is 5.75 Å². The van der Waals surface area contributed by atoms with Crippen molar-refractivity contribution >= 4 is 21.9 Å². The van der Waals surface area contributed by atoms with Gasteiger partial charge in [0.25, 0.3) is 0 Å². The average Bonchev–Trinajstić information content (AvgIpc) is 2.47. The Labute approximate surface area is 133 Å². The van der Waals surface area contributed by atoms with Crippen LogP contribution >= 0.6 is 15.9 Å². The van der Waals surface area contributed by atoms with Crippen LogP contribution in [0, 0.1) is 0 Å². The van der Waals surface area contributed by atoms with E-state index in [-0.39, 0.29) is 18.7 Å². The molecule has 1 aromatic rings. The lowest BCUT2D eigenvalue weighted by Crippen LogP contribution is -2.41. The zero-order valence-electron chi connectivity index (χ0n) is 12.1. The molecule has 1 aliphatic rings. The van der Waals surface area contributed by atoms with Crippen LogP contribution in [0.2, 0.25) is 0 Å². The van der Waals surface area contributed by atoms with Gasteiger partial charge in [-0.3, -0.25) is 4.90 Å². The Balaban J connectivity index is 1.67. The third-order valence-corrected chi connectivity index (χ3v) is 3.65. The summed E-state index contributed by atoms with van der Waals surface area (Å²) in [6.07, 6.45) is -0.149. The maximum Gasteiger partial charge on any atom is 0.344 e. The summed E-state index contributed by atoms with van der Waals surface area (Å²) in [5, 5.41) is 0. The summed E-state index contributed by atoms with van der Waals surface area (Å²) >= 11 is 3.34. The predicted octanol–water partition coefficient (Wildman–Crippen LogP) is 2.09. The lowest BCUT2D eigenvalue weighted by atomic mass is 10.3. The second-order valence-electron chi connectivity index (χ2n) is 4.96. The second kappa shape index (κ2) is 8.36. The molecule has 21 heavy (non-hydrogen) atoms. The van der Waals surface area contributed by atoms with Crippen molar-refractivity contribution < 1.29 is 19.0 Å². The third-order valence-electron chi connectivity index (χ3n) is 3.12. The van der Waals surface area contributed by atoms with Gasteiger partial charge in [-0.1, -0.05) is 15.9 Å². The fourth-order valence-electron chi connectivity index (χ4n) is 2.12. The van der Waals surface area contributed by atoms with E-state index in [0.717, 1.165) is 37.3 Å². The van der Waals surface area contributed by atoms with Gasteiger partial charge in [0.1, 0.15) is 11.9 Å². The quantitative estimate of drug-likeness (QED) is 0.729. The van der Waals surface area contributed by atoms with Crippen molar-refractivity contribution in [2.45, 2.75) is 13.0 Å². The van der Waals surface area contributed by atoms with Crippen molar-refractivity contribution in [3.63, 3.8) is 0 Å². The Hall–Kier alpha value is -1.11. The van der Waals surface area contributed by atoms with Crippen LogP contribution in [0.25, 0.3) is 0 Å². The molecule has 6 heteroatoms. The lowest BCUT2D eigenvalue weighted by Gasteiger charge is -2.28. The minimum Gasteiger partial charge on any atom is -0.482 e. The molecule has 0 saturated carbocycles. The standard InChI is InChI=1S/C15H20BrNO4/c1-12(10-17-6-8-19-9-7-17)21-15(18)11-20-14-4-2-13(16)3-5-14/h2-5,12H,6-11H2,1H3. The van der Waals surface area contributed by atoms with Crippen LogP contribution in [0.3, 0.4) is 0 Å². The first-order chi connectivity index (χ1) is 10.1. The van der Waals surface area contributed by atoms with Crippen molar-refractivity contribution in [2.24, 2.45) is 0 Å². The Morgan fingerprint density at radius 3 is 2.67 bits per heavy atom. The zero-order chi connectivity index (χ0) is 15.1. The van der Waals surface area contributed by atoms with Crippen molar-refractivity contribution in [1.29, 1.82) is 0 Å². The predicted molar refractivity (Wildman–Crippen MR) is 82.5 cm³/mol. The molecule has 1 saturated heterocycles. The van der Waals surface area contributed by atoms with Crippen LogP contribution in [0.1, 0.15) is 6.92 Å². The van der Waals surface area contributed by atoms with Crippen LogP contribution in [0.5, 0.6) is 5.75 Å².